The Balaban J connectivity index is 2.18. The van der Waals surface area contributed by atoms with Crippen LogP contribution in [0.1, 0.15) is 20.8 Å². The van der Waals surface area contributed by atoms with E-state index in [9.17, 15) is 4.79 Å². The monoisotopic (exact) mass is 331 g/mol. The van der Waals surface area contributed by atoms with Gasteiger partial charge in [0.1, 0.15) is 5.82 Å². The highest BCUT2D eigenvalue weighted by molar-refractivity contribution is 5.77. The zero-order valence-electron chi connectivity index (χ0n) is 14.8. The maximum absolute atomic E-state index is 12.1. The minimum atomic E-state index is -0.0318. The summed E-state index contributed by atoms with van der Waals surface area (Å²) in [7, 11) is 1.94. The average Bonchev–Trinajstić information content (AvgIpc) is 3.01. The van der Waals surface area contributed by atoms with Gasteiger partial charge < -0.3 is 18.9 Å². The zero-order chi connectivity index (χ0) is 17.5. The standard InChI is InChI=1S/C18H25N3O3/c1-5-21(6-2)17(22)13-24-15-9-8-14(12-16(15)23-7-3)18-19-10-11-20(18)4/h8-12H,5-7,13H2,1-4H3. The van der Waals surface area contributed by atoms with E-state index >= 15 is 0 Å². The Kier molecular flexibility index (Phi) is 6.23. The van der Waals surface area contributed by atoms with Crippen molar-refractivity contribution in [3.8, 4) is 22.9 Å². The molecule has 2 rings (SSSR count). The molecular weight excluding hydrogens is 306 g/mol. The molecule has 1 aromatic carbocycles. The number of rotatable bonds is 8. The van der Waals surface area contributed by atoms with E-state index in [0.717, 1.165) is 11.4 Å². The Morgan fingerprint density at radius 3 is 2.50 bits per heavy atom. The number of carbonyl (C=O) groups is 1. The van der Waals surface area contributed by atoms with Crippen molar-refractivity contribution in [2.24, 2.45) is 7.05 Å². The van der Waals surface area contributed by atoms with Gasteiger partial charge in [-0.05, 0) is 39.0 Å². The molecule has 6 nitrogen and oxygen atoms in total. The molecule has 130 valence electrons. The van der Waals surface area contributed by atoms with E-state index in [1.54, 1.807) is 11.1 Å². The first-order valence-electron chi connectivity index (χ1n) is 8.25. The summed E-state index contributed by atoms with van der Waals surface area (Å²) in [5, 5.41) is 0. The van der Waals surface area contributed by atoms with Crippen LogP contribution in [-0.4, -0.2) is 46.7 Å². The minimum Gasteiger partial charge on any atom is -0.490 e. The Bertz CT molecular complexity index is 678. The van der Waals surface area contributed by atoms with Gasteiger partial charge in [-0.25, -0.2) is 4.98 Å². The maximum atomic E-state index is 12.1. The van der Waals surface area contributed by atoms with E-state index in [1.165, 1.54) is 0 Å². The zero-order valence-corrected chi connectivity index (χ0v) is 14.8. The lowest BCUT2D eigenvalue weighted by molar-refractivity contribution is -0.132. The van der Waals surface area contributed by atoms with Gasteiger partial charge in [0.25, 0.3) is 5.91 Å². The molecule has 0 saturated carbocycles. The third-order valence-electron chi connectivity index (χ3n) is 3.79. The van der Waals surface area contributed by atoms with E-state index in [0.29, 0.717) is 31.2 Å². The highest BCUT2D eigenvalue weighted by atomic mass is 16.5. The molecule has 0 aliphatic carbocycles. The number of carbonyl (C=O) groups excluding carboxylic acids is 1. The Morgan fingerprint density at radius 1 is 1.17 bits per heavy atom. The lowest BCUT2D eigenvalue weighted by Gasteiger charge is -2.19. The molecule has 6 heteroatoms. The molecule has 24 heavy (non-hydrogen) atoms. The quantitative estimate of drug-likeness (QED) is 0.746. The first kappa shape index (κ1) is 17.8. The number of benzene rings is 1. The molecule has 1 amide bonds. The third kappa shape index (κ3) is 4.07. The molecule has 0 bridgehead atoms. The van der Waals surface area contributed by atoms with Crippen LogP contribution in [0.2, 0.25) is 0 Å². The van der Waals surface area contributed by atoms with Crippen molar-refractivity contribution in [3.05, 3.63) is 30.6 Å². The molecule has 0 fully saturated rings. The Hall–Kier alpha value is -2.50. The predicted octanol–water partition coefficient (Wildman–Crippen LogP) is 2.73. The number of ether oxygens (including phenoxy) is 2. The molecule has 2 aromatic rings. The summed E-state index contributed by atoms with van der Waals surface area (Å²) in [4.78, 5) is 18.2. The number of likely N-dealkylation sites (N-methyl/N-ethyl adjacent to an activating group) is 1. The summed E-state index contributed by atoms with van der Waals surface area (Å²) in [5.41, 5.74) is 0.938. The molecule has 0 spiro atoms. The molecule has 0 radical (unpaired) electrons. The maximum Gasteiger partial charge on any atom is 0.260 e. The van der Waals surface area contributed by atoms with Crippen LogP contribution in [0, 0.1) is 0 Å². The minimum absolute atomic E-state index is 0.00348. The van der Waals surface area contributed by atoms with Crippen LogP contribution < -0.4 is 9.47 Å². The van der Waals surface area contributed by atoms with E-state index in [2.05, 4.69) is 4.98 Å². The summed E-state index contributed by atoms with van der Waals surface area (Å²) >= 11 is 0. The van der Waals surface area contributed by atoms with Gasteiger partial charge >= 0.3 is 0 Å². The fourth-order valence-corrected chi connectivity index (χ4v) is 2.49. The molecule has 1 heterocycles. The van der Waals surface area contributed by atoms with Crippen molar-refractivity contribution < 1.29 is 14.3 Å². The molecule has 0 aliphatic heterocycles. The fraction of sp³-hybridized carbons (Fsp3) is 0.444. The number of hydrogen-bond donors (Lipinski definition) is 0. The van der Waals surface area contributed by atoms with Gasteiger partial charge in [-0.2, -0.15) is 0 Å². The highest BCUT2D eigenvalue weighted by Crippen LogP contribution is 2.32. The Morgan fingerprint density at radius 2 is 1.92 bits per heavy atom. The smallest absolute Gasteiger partial charge is 0.260 e. The second kappa shape index (κ2) is 8.38. The first-order valence-corrected chi connectivity index (χ1v) is 8.25. The normalized spacial score (nSPS) is 10.5. The number of nitrogens with zero attached hydrogens (tertiary/aromatic N) is 3. The van der Waals surface area contributed by atoms with E-state index < -0.39 is 0 Å². The van der Waals surface area contributed by atoms with Crippen LogP contribution in [0.25, 0.3) is 11.4 Å². The number of hydrogen-bond acceptors (Lipinski definition) is 4. The van der Waals surface area contributed by atoms with Crippen molar-refractivity contribution in [2.75, 3.05) is 26.3 Å². The van der Waals surface area contributed by atoms with Crippen molar-refractivity contribution >= 4 is 5.91 Å². The second-order valence-corrected chi connectivity index (χ2v) is 5.31. The number of imidazole rings is 1. The van der Waals surface area contributed by atoms with Crippen molar-refractivity contribution in [1.82, 2.24) is 14.5 Å². The van der Waals surface area contributed by atoms with Gasteiger partial charge in [-0.3, -0.25) is 4.79 Å². The Labute approximate surface area is 143 Å². The van der Waals surface area contributed by atoms with Gasteiger partial charge in [0.15, 0.2) is 18.1 Å². The van der Waals surface area contributed by atoms with Gasteiger partial charge in [0, 0.05) is 38.1 Å². The van der Waals surface area contributed by atoms with E-state index in [4.69, 9.17) is 9.47 Å². The average molecular weight is 331 g/mol. The fourth-order valence-electron chi connectivity index (χ4n) is 2.49. The van der Waals surface area contributed by atoms with Crippen molar-refractivity contribution in [1.29, 1.82) is 0 Å². The van der Waals surface area contributed by atoms with Gasteiger partial charge in [-0.15, -0.1) is 0 Å². The molecule has 0 aliphatic rings. The summed E-state index contributed by atoms with van der Waals surface area (Å²) in [6.45, 7) is 7.69. The van der Waals surface area contributed by atoms with Crippen LogP contribution in [0.3, 0.4) is 0 Å². The van der Waals surface area contributed by atoms with Crippen LogP contribution in [-0.2, 0) is 11.8 Å². The van der Waals surface area contributed by atoms with Crippen LogP contribution in [0.5, 0.6) is 11.5 Å². The highest BCUT2D eigenvalue weighted by Gasteiger charge is 2.14. The van der Waals surface area contributed by atoms with Gasteiger partial charge in [-0.1, -0.05) is 0 Å². The van der Waals surface area contributed by atoms with Crippen LogP contribution in [0.15, 0.2) is 30.6 Å². The number of aromatic nitrogens is 2. The first-order chi connectivity index (χ1) is 11.6. The predicted molar refractivity (Wildman–Crippen MR) is 93.2 cm³/mol. The SMILES string of the molecule is CCOc1cc(-c2nccn2C)ccc1OCC(=O)N(CC)CC. The van der Waals surface area contributed by atoms with Crippen LogP contribution >= 0.6 is 0 Å². The summed E-state index contributed by atoms with van der Waals surface area (Å²) < 4.78 is 13.3. The molecule has 1 aromatic heterocycles. The lowest BCUT2D eigenvalue weighted by atomic mass is 10.2. The largest absolute Gasteiger partial charge is 0.490 e. The summed E-state index contributed by atoms with van der Waals surface area (Å²) in [5.74, 6) is 2.00. The van der Waals surface area contributed by atoms with E-state index in [-0.39, 0.29) is 12.5 Å². The van der Waals surface area contributed by atoms with Crippen molar-refractivity contribution in [2.45, 2.75) is 20.8 Å². The number of aryl methyl sites for hydroxylation is 1. The van der Waals surface area contributed by atoms with Crippen molar-refractivity contribution in [3.63, 3.8) is 0 Å². The molecular formula is C18H25N3O3. The van der Waals surface area contributed by atoms with E-state index in [1.807, 2.05) is 56.8 Å². The summed E-state index contributed by atoms with van der Waals surface area (Å²) in [6.07, 6.45) is 3.64. The van der Waals surface area contributed by atoms with Crippen LogP contribution in [0.4, 0.5) is 0 Å². The van der Waals surface area contributed by atoms with Gasteiger partial charge in [0.05, 0.1) is 6.61 Å². The second-order valence-electron chi connectivity index (χ2n) is 5.31. The lowest BCUT2D eigenvalue weighted by Crippen LogP contribution is -2.34. The third-order valence-corrected chi connectivity index (χ3v) is 3.79. The summed E-state index contributed by atoms with van der Waals surface area (Å²) in [6, 6.07) is 5.63. The molecule has 0 N–H and O–H groups in total. The topological polar surface area (TPSA) is 56.6 Å². The van der Waals surface area contributed by atoms with Gasteiger partial charge in [0.2, 0.25) is 0 Å². The molecule has 0 atom stereocenters. The molecule has 0 unspecified atom stereocenters. The molecule has 0 saturated heterocycles. The number of amides is 1.